The van der Waals surface area contributed by atoms with E-state index < -0.39 is 4.92 Å². The van der Waals surface area contributed by atoms with Crippen molar-refractivity contribution in [1.29, 1.82) is 0 Å². The molecule has 1 aromatic rings. The maximum absolute atomic E-state index is 10.1. The summed E-state index contributed by atoms with van der Waals surface area (Å²) in [6.45, 7) is 0. The predicted molar refractivity (Wildman–Crippen MR) is 53.3 cm³/mol. The summed E-state index contributed by atoms with van der Waals surface area (Å²) in [6, 6.07) is 3.50. The predicted octanol–water partition coefficient (Wildman–Crippen LogP) is 4.10. The van der Waals surface area contributed by atoms with E-state index in [4.69, 9.17) is 11.5 Å². The van der Waals surface area contributed by atoms with Crippen molar-refractivity contribution in [3.05, 3.63) is 47.2 Å². The molecule has 0 aromatic heterocycles. The first-order valence-corrected chi connectivity index (χ1v) is 5.20. The standard InChI is InChI=1S/C6H5N3O2.CH3.ClH.Ru/c7-5-2-1-4(9(10)11)3-6(5)8;;;/h1-3,7-8H;1H3;1H;/q-2;-1;;+4/p-1. The third-order valence-corrected chi connectivity index (χ3v) is 1.21. The third kappa shape index (κ3) is 4.39. The number of rotatable bonds is 1. The Hall–Kier alpha value is -0.867. The zero-order valence-corrected chi connectivity index (χ0v) is 9.72. The first kappa shape index (κ1) is 15.6. The summed E-state index contributed by atoms with van der Waals surface area (Å²) in [6.07, 6.45) is 0. The first-order valence-electron chi connectivity index (χ1n) is 2.96. The second kappa shape index (κ2) is 7.53. The molecule has 0 spiro atoms. The van der Waals surface area contributed by atoms with Gasteiger partial charge in [0, 0.05) is 6.07 Å². The molecule has 0 aliphatic rings. The van der Waals surface area contributed by atoms with Gasteiger partial charge in [0.2, 0.25) is 0 Å². The van der Waals surface area contributed by atoms with Crippen molar-refractivity contribution in [2.24, 2.45) is 0 Å². The summed E-state index contributed by atoms with van der Waals surface area (Å²) in [5, 5.41) is 10.1. The summed E-state index contributed by atoms with van der Waals surface area (Å²) in [7, 11) is 4.57. The molecule has 0 fully saturated rings. The van der Waals surface area contributed by atoms with Crippen LogP contribution in [0.5, 0.6) is 0 Å². The van der Waals surface area contributed by atoms with Crippen molar-refractivity contribution in [3.63, 3.8) is 0 Å². The maximum Gasteiger partial charge on any atom is 0.268 e. The Bertz CT molecular complexity index is 309. The van der Waals surface area contributed by atoms with Gasteiger partial charge in [0.25, 0.3) is 5.69 Å². The summed E-state index contributed by atoms with van der Waals surface area (Å²) in [4.78, 5) is 9.54. The van der Waals surface area contributed by atoms with Crippen LogP contribution in [0.3, 0.4) is 0 Å². The van der Waals surface area contributed by atoms with Gasteiger partial charge in [-0.2, -0.15) is 11.4 Å². The number of nitrogens with zero attached hydrogens (tertiary/aromatic N) is 1. The molecule has 5 nitrogen and oxygen atoms in total. The maximum atomic E-state index is 10.1. The van der Waals surface area contributed by atoms with Crippen LogP contribution in [0.1, 0.15) is 0 Å². The van der Waals surface area contributed by atoms with Gasteiger partial charge in [-0.05, 0) is 6.07 Å². The van der Waals surface area contributed by atoms with Crippen molar-refractivity contribution in [3.8, 4) is 0 Å². The molecule has 2 N–H and O–H groups in total. The fraction of sp³-hybridized carbons (Fsp3) is 0. The zero-order valence-electron chi connectivity index (χ0n) is 7.23. The van der Waals surface area contributed by atoms with Crippen molar-refractivity contribution in [1.82, 2.24) is 0 Å². The molecule has 0 unspecified atom stereocenters. The number of nitrogens with one attached hydrogen (secondary N) is 2. The fourth-order valence-corrected chi connectivity index (χ4v) is 0.646. The van der Waals surface area contributed by atoms with E-state index in [1.165, 1.54) is 12.1 Å². The number of hydrogen-bond donors (Lipinski definition) is 0. The van der Waals surface area contributed by atoms with Gasteiger partial charge in [-0.25, -0.2) is 0 Å². The molecule has 0 radical (unpaired) electrons. The minimum Gasteiger partial charge on any atom is -0.700 e. The second-order valence-corrected chi connectivity index (χ2v) is 1.99. The SMILES string of the molecule is [CH3-].[Cl][Ru+3].[NH-]c1ccc([N+](=O)[O-])cc1[NH-]. The summed E-state index contributed by atoms with van der Waals surface area (Å²) >= 11 is 1.82. The van der Waals surface area contributed by atoms with E-state index in [1.807, 2.05) is 17.3 Å². The minimum absolute atomic E-state index is 0. The summed E-state index contributed by atoms with van der Waals surface area (Å²) in [5.41, 5.74) is 13.8. The second-order valence-electron chi connectivity index (χ2n) is 1.99. The van der Waals surface area contributed by atoms with E-state index >= 15 is 0 Å². The smallest absolute Gasteiger partial charge is 0.268 e. The quantitative estimate of drug-likeness (QED) is 0.338. The molecule has 0 amide bonds. The average molecular weight is 303 g/mol. The van der Waals surface area contributed by atoms with Crippen LogP contribution in [0, 0.1) is 17.5 Å². The van der Waals surface area contributed by atoms with E-state index in [0.29, 0.717) is 0 Å². The van der Waals surface area contributed by atoms with Crippen LogP contribution >= 0.6 is 9.69 Å². The van der Waals surface area contributed by atoms with Gasteiger partial charge in [-0.1, -0.05) is 6.07 Å². The van der Waals surface area contributed by atoms with Crippen LogP contribution in [0.2, 0.25) is 0 Å². The largest absolute Gasteiger partial charge is 0.700 e. The Kier molecular flexibility index (Phi) is 8.39. The number of halogens is 1. The van der Waals surface area contributed by atoms with Crippen molar-refractivity contribution in [2.75, 3.05) is 0 Å². The van der Waals surface area contributed by atoms with Crippen LogP contribution in [0.4, 0.5) is 17.1 Å². The normalized spacial score (nSPS) is 7.79. The van der Waals surface area contributed by atoms with E-state index in [9.17, 15) is 10.1 Å². The Labute approximate surface area is 96.3 Å². The molecular weight excluding hydrogens is 295 g/mol. The fourth-order valence-electron chi connectivity index (χ4n) is 0.646. The summed E-state index contributed by atoms with van der Waals surface area (Å²) in [5.74, 6) is 0. The van der Waals surface area contributed by atoms with Crippen LogP contribution in [0.25, 0.3) is 11.5 Å². The van der Waals surface area contributed by atoms with Gasteiger partial charge < -0.3 is 18.9 Å². The van der Waals surface area contributed by atoms with Gasteiger partial charge in [0.15, 0.2) is 0 Å². The van der Waals surface area contributed by atoms with Crippen LogP contribution < -0.4 is 0 Å². The van der Waals surface area contributed by atoms with Crippen molar-refractivity contribution >= 4 is 26.8 Å². The van der Waals surface area contributed by atoms with E-state index in [1.54, 1.807) is 0 Å². The van der Waals surface area contributed by atoms with Crippen LogP contribution in [-0.2, 0) is 17.3 Å². The molecule has 0 atom stereocenters. The summed E-state index contributed by atoms with van der Waals surface area (Å²) < 4.78 is 0. The van der Waals surface area contributed by atoms with Gasteiger partial charge in [-0.15, -0.1) is 0 Å². The minimum atomic E-state index is -0.586. The van der Waals surface area contributed by atoms with Crippen molar-refractivity contribution in [2.45, 2.75) is 0 Å². The van der Waals surface area contributed by atoms with E-state index in [-0.39, 0.29) is 24.5 Å². The molecule has 1 rings (SSSR count). The molecule has 0 saturated heterocycles. The van der Waals surface area contributed by atoms with E-state index in [2.05, 4.69) is 9.69 Å². The molecule has 0 saturated carbocycles. The Balaban J connectivity index is 0. The first-order chi connectivity index (χ1) is 6.11. The number of benzene rings is 1. The molecule has 0 heterocycles. The zero-order chi connectivity index (χ0) is 10.4. The number of non-ortho nitro benzene ring substituents is 1. The van der Waals surface area contributed by atoms with Crippen LogP contribution in [-0.4, -0.2) is 4.92 Å². The molecule has 0 bridgehead atoms. The molecule has 7 heteroatoms. The Morgan fingerprint density at radius 3 is 2.14 bits per heavy atom. The number of nitro benzene ring substituents is 1. The molecule has 78 valence electrons. The molecule has 0 aliphatic carbocycles. The molecule has 14 heavy (non-hydrogen) atoms. The topological polar surface area (TPSA) is 90.7 Å². The van der Waals surface area contributed by atoms with Gasteiger partial charge in [-0.3, -0.25) is 10.1 Å². The average Bonchev–Trinajstić information content (AvgIpc) is 2.13. The molecule has 1 aromatic carbocycles. The molecule has 0 aliphatic heterocycles. The van der Waals surface area contributed by atoms with Crippen molar-refractivity contribution < 1.29 is 22.2 Å². The Morgan fingerprint density at radius 1 is 1.29 bits per heavy atom. The van der Waals surface area contributed by atoms with Gasteiger partial charge in [0.1, 0.15) is 0 Å². The third-order valence-electron chi connectivity index (χ3n) is 1.21. The van der Waals surface area contributed by atoms with E-state index in [0.717, 1.165) is 6.07 Å². The molecular formula is C7H8ClN3O2Ru. The van der Waals surface area contributed by atoms with Gasteiger partial charge in [0.05, 0.1) is 4.92 Å². The number of hydrogen-bond acceptors (Lipinski definition) is 2. The number of nitro groups is 1. The van der Waals surface area contributed by atoms with Crippen LogP contribution in [0.15, 0.2) is 18.2 Å². The monoisotopic (exact) mass is 303 g/mol. The Morgan fingerprint density at radius 2 is 1.79 bits per heavy atom. The van der Waals surface area contributed by atoms with Gasteiger partial charge >= 0.3 is 27.0 Å².